The van der Waals surface area contributed by atoms with E-state index in [0.717, 1.165) is 12.1 Å². The van der Waals surface area contributed by atoms with Crippen LogP contribution in [0.5, 0.6) is 11.5 Å². The minimum absolute atomic E-state index is 0.0628. The number of hydrogen-bond acceptors (Lipinski definition) is 4. The number of halogens is 3. The normalized spacial score (nSPS) is 18.2. The number of alkyl halides is 3. The Morgan fingerprint density at radius 2 is 1.83 bits per heavy atom. The summed E-state index contributed by atoms with van der Waals surface area (Å²) in [7, 11) is 0. The van der Waals surface area contributed by atoms with Crippen LogP contribution < -0.4 is 19.7 Å². The summed E-state index contributed by atoms with van der Waals surface area (Å²) in [6.07, 6.45) is -4.34. The maximum atomic E-state index is 12.6. The Labute approximate surface area is 164 Å². The Balaban J connectivity index is 1.36. The molecule has 2 heterocycles. The molecule has 2 aromatic carbocycles. The molecule has 2 amide bonds. The molecule has 0 aliphatic carbocycles. The number of ether oxygens (including phenoxy) is 2. The van der Waals surface area contributed by atoms with Crippen molar-refractivity contribution in [1.29, 1.82) is 0 Å². The van der Waals surface area contributed by atoms with Crippen LogP contribution in [0, 0.1) is 5.92 Å². The molecule has 1 fully saturated rings. The number of fused-ring (bicyclic) bond motifs is 1. The molecule has 1 N–H and O–H groups in total. The van der Waals surface area contributed by atoms with Crippen LogP contribution in [0.3, 0.4) is 0 Å². The largest absolute Gasteiger partial charge is 0.454 e. The van der Waals surface area contributed by atoms with E-state index < -0.39 is 17.7 Å². The van der Waals surface area contributed by atoms with E-state index in [-0.39, 0.29) is 38.1 Å². The molecule has 152 valence electrons. The lowest BCUT2D eigenvalue weighted by atomic mass is 10.1. The van der Waals surface area contributed by atoms with Crippen LogP contribution in [0.4, 0.5) is 18.9 Å². The number of carbonyl (C=O) groups excluding carboxylic acids is 2. The van der Waals surface area contributed by atoms with Gasteiger partial charge in [0, 0.05) is 31.3 Å². The molecule has 2 aliphatic heterocycles. The van der Waals surface area contributed by atoms with Crippen LogP contribution >= 0.6 is 0 Å². The van der Waals surface area contributed by atoms with Gasteiger partial charge in [-0.2, -0.15) is 13.2 Å². The van der Waals surface area contributed by atoms with Crippen molar-refractivity contribution < 1.29 is 32.2 Å². The van der Waals surface area contributed by atoms with Crippen molar-refractivity contribution in [3.63, 3.8) is 0 Å². The van der Waals surface area contributed by atoms with E-state index in [1.54, 1.807) is 18.2 Å². The molecule has 0 saturated carbocycles. The van der Waals surface area contributed by atoms with E-state index in [4.69, 9.17) is 9.47 Å². The number of hydrogen-bond donors (Lipinski definition) is 1. The highest BCUT2D eigenvalue weighted by molar-refractivity contribution is 6.00. The molecule has 4 rings (SSSR count). The molecule has 0 radical (unpaired) electrons. The molecular weight excluding hydrogens is 389 g/mol. The highest BCUT2D eigenvalue weighted by Gasteiger charge is 2.35. The second-order valence-corrected chi connectivity index (χ2v) is 6.86. The van der Waals surface area contributed by atoms with E-state index >= 15 is 0 Å². The Morgan fingerprint density at radius 3 is 2.55 bits per heavy atom. The average molecular weight is 406 g/mol. The van der Waals surface area contributed by atoms with Crippen molar-refractivity contribution >= 4 is 17.5 Å². The van der Waals surface area contributed by atoms with Crippen LogP contribution in [0.2, 0.25) is 0 Å². The first-order valence-electron chi connectivity index (χ1n) is 8.95. The number of carbonyl (C=O) groups is 2. The van der Waals surface area contributed by atoms with Crippen LogP contribution in [0.25, 0.3) is 0 Å². The zero-order chi connectivity index (χ0) is 20.6. The molecule has 0 aromatic heterocycles. The van der Waals surface area contributed by atoms with E-state index in [1.165, 1.54) is 17.0 Å². The lowest BCUT2D eigenvalue weighted by molar-refractivity contribution is -0.137. The molecule has 0 bridgehead atoms. The van der Waals surface area contributed by atoms with Crippen molar-refractivity contribution in [1.82, 2.24) is 5.32 Å². The second-order valence-electron chi connectivity index (χ2n) is 6.86. The topological polar surface area (TPSA) is 67.9 Å². The summed E-state index contributed by atoms with van der Waals surface area (Å²) in [4.78, 5) is 26.3. The van der Waals surface area contributed by atoms with Crippen LogP contribution in [0.15, 0.2) is 42.5 Å². The first-order chi connectivity index (χ1) is 13.8. The van der Waals surface area contributed by atoms with Crippen molar-refractivity contribution in [2.75, 3.05) is 18.2 Å². The summed E-state index contributed by atoms with van der Waals surface area (Å²) in [5.41, 5.74) is 0.425. The average Bonchev–Trinajstić information content (AvgIpc) is 3.31. The van der Waals surface area contributed by atoms with Gasteiger partial charge in [0.05, 0.1) is 11.5 Å². The lowest BCUT2D eigenvalue weighted by Crippen LogP contribution is -2.32. The van der Waals surface area contributed by atoms with Gasteiger partial charge in [0.25, 0.3) is 0 Å². The van der Waals surface area contributed by atoms with Crippen LogP contribution in [-0.2, 0) is 22.3 Å². The Morgan fingerprint density at radius 1 is 1.10 bits per heavy atom. The number of benzene rings is 2. The number of nitrogens with one attached hydrogen (secondary N) is 1. The van der Waals surface area contributed by atoms with Gasteiger partial charge in [0.2, 0.25) is 18.6 Å². The maximum Gasteiger partial charge on any atom is 0.416 e. The van der Waals surface area contributed by atoms with E-state index in [0.29, 0.717) is 22.7 Å². The van der Waals surface area contributed by atoms with Gasteiger partial charge in [-0.3, -0.25) is 9.59 Å². The minimum atomic E-state index is -4.40. The van der Waals surface area contributed by atoms with Crippen molar-refractivity contribution in [3.8, 4) is 11.5 Å². The summed E-state index contributed by atoms with van der Waals surface area (Å²) in [6, 6.07) is 9.73. The van der Waals surface area contributed by atoms with Crippen LogP contribution in [0.1, 0.15) is 17.5 Å². The zero-order valence-electron chi connectivity index (χ0n) is 15.2. The SMILES string of the molecule is O=C(NCc1ccc(C(F)(F)F)cc1)C1CC(=O)N(c2ccc3c(c2)OCO3)C1. The predicted octanol–water partition coefficient (Wildman–Crippen LogP) is 3.10. The molecule has 9 heteroatoms. The second kappa shape index (κ2) is 7.31. The molecule has 1 unspecified atom stereocenters. The fourth-order valence-corrected chi connectivity index (χ4v) is 3.33. The highest BCUT2D eigenvalue weighted by Crippen LogP contribution is 2.37. The van der Waals surface area contributed by atoms with Gasteiger partial charge in [0.1, 0.15) is 0 Å². The Kier molecular flexibility index (Phi) is 4.81. The third-order valence-electron chi connectivity index (χ3n) is 4.91. The van der Waals surface area contributed by atoms with E-state index in [2.05, 4.69) is 5.32 Å². The quantitative estimate of drug-likeness (QED) is 0.848. The number of rotatable bonds is 4. The number of anilines is 1. The van der Waals surface area contributed by atoms with Crippen molar-refractivity contribution in [2.45, 2.75) is 19.1 Å². The zero-order valence-corrected chi connectivity index (χ0v) is 15.2. The third kappa shape index (κ3) is 3.98. The first-order valence-corrected chi connectivity index (χ1v) is 8.95. The van der Waals surface area contributed by atoms with E-state index in [1.807, 2.05) is 0 Å². The van der Waals surface area contributed by atoms with Gasteiger partial charge < -0.3 is 19.7 Å². The Bertz CT molecular complexity index is 944. The van der Waals surface area contributed by atoms with Gasteiger partial charge in [0.15, 0.2) is 11.5 Å². The maximum absolute atomic E-state index is 12.6. The van der Waals surface area contributed by atoms with Crippen LogP contribution in [-0.4, -0.2) is 25.2 Å². The summed E-state index contributed by atoms with van der Waals surface area (Å²) in [5.74, 6) is 0.110. The van der Waals surface area contributed by atoms with Gasteiger partial charge in [-0.05, 0) is 29.8 Å². The molecule has 29 heavy (non-hydrogen) atoms. The van der Waals surface area contributed by atoms with Crippen molar-refractivity contribution in [3.05, 3.63) is 53.6 Å². The lowest BCUT2D eigenvalue weighted by Gasteiger charge is -2.17. The Hall–Kier alpha value is -3.23. The van der Waals surface area contributed by atoms with Gasteiger partial charge in [-0.25, -0.2) is 0 Å². The molecular formula is C20H17F3N2O4. The van der Waals surface area contributed by atoms with Gasteiger partial charge in [-0.1, -0.05) is 12.1 Å². The molecule has 1 saturated heterocycles. The molecule has 2 aromatic rings. The monoisotopic (exact) mass is 406 g/mol. The summed E-state index contributed by atoms with van der Waals surface area (Å²) >= 11 is 0. The molecule has 6 nitrogen and oxygen atoms in total. The fraction of sp³-hybridized carbons (Fsp3) is 0.300. The summed E-state index contributed by atoms with van der Waals surface area (Å²) in [6.45, 7) is 0.435. The van der Waals surface area contributed by atoms with Gasteiger partial charge in [-0.15, -0.1) is 0 Å². The van der Waals surface area contributed by atoms with Gasteiger partial charge >= 0.3 is 6.18 Å². The summed E-state index contributed by atoms with van der Waals surface area (Å²) in [5, 5.41) is 2.69. The third-order valence-corrected chi connectivity index (χ3v) is 4.91. The fourth-order valence-electron chi connectivity index (χ4n) is 3.33. The standard InChI is InChI=1S/C20H17F3N2O4/c21-20(22,23)14-3-1-12(2-4-14)9-24-19(27)13-7-18(26)25(10-13)15-5-6-16-17(8-15)29-11-28-16/h1-6,8,13H,7,9-11H2,(H,24,27). The van der Waals surface area contributed by atoms with Crippen molar-refractivity contribution in [2.24, 2.45) is 5.92 Å². The molecule has 1 atom stereocenters. The minimum Gasteiger partial charge on any atom is -0.454 e. The number of amides is 2. The summed E-state index contributed by atoms with van der Waals surface area (Å²) < 4.78 is 48.4. The predicted molar refractivity (Wildman–Crippen MR) is 96.3 cm³/mol. The first kappa shape index (κ1) is 19.1. The number of nitrogens with zero attached hydrogens (tertiary/aromatic N) is 1. The smallest absolute Gasteiger partial charge is 0.416 e. The molecule has 0 spiro atoms. The highest BCUT2D eigenvalue weighted by atomic mass is 19.4. The molecule has 2 aliphatic rings. The van der Waals surface area contributed by atoms with E-state index in [9.17, 15) is 22.8 Å².